The van der Waals surface area contributed by atoms with Crippen molar-refractivity contribution in [3.05, 3.63) is 0 Å². The average Bonchev–Trinajstić information content (AvgIpc) is 2.83. The molecule has 15 heavy (non-hydrogen) atoms. The van der Waals surface area contributed by atoms with Gasteiger partial charge in [-0.1, -0.05) is 11.6 Å². The largest absolute Gasteiger partial charge is 0.353 e. The lowest BCUT2D eigenvalue weighted by molar-refractivity contribution is 0.411. The van der Waals surface area contributed by atoms with E-state index in [4.69, 9.17) is 23.1 Å². The molecule has 0 bridgehead atoms. The number of hydrogen-bond acceptors (Lipinski definition) is 5. The van der Waals surface area contributed by atoms with Crippen molar-refractivity contribution in [2.45, 2.75) is 18.6 Å². The Morgan fingerprint density at radius 1 is 1.20 bits per heavy atom. The molecule has 1 heterocycles. The van der Waals surface area contributed by atoms with E-state index in [1.54, 1.807) is 0 Å². The first-order chi connectivity index (χ1) is 7.13. The van der Waals surface area contributed by atoms with Crippen LogP contribution in [0.3, 0.4) is 0 Å². The van der Waals surface area contributed by atoms with Crippen molar-refractivity contribution in [1.82, 2.24) is 10.6 Å². The lowest BCUT2D eigenvalue weighted by atomic mass is 10.6. The Labute approximate surface area is 97.9 Å². The number of hydrogen-bond donors (Lipinski definition) is 4. The maximum absolute atomic E-state index is 5.31. The van der Waals surface area contributed by atoms with E-state index in [9.17, 15) is 0 Å². The summed E-state index contributed by atoms with van der Waals surface area (Å²) in [5, 5.41) is 5.78. The van der Waals surface area contributed by atoms with Gasteiger partial charge in [-0.25, -0.2) is 0 Å². The van der Waals surface area contributed by atoms with E-state index in [1.807, 2.05) is 21.0 Å². The van der Waals surface area contributed by atoms with Gasteiger partial charge in [0.15, 0.2) is 5.56 Å². The summed E-state index contributed by atoms with van der Waals surface area (Å²) in [6.07, 6.45) is 0.316. The number of alkyl halides is 1. The molecule has 1 saturated heterocycles. The van der Waals surface area contributed by atoms with Gasteiger partial charge in [0, 0.05) is 26.2 Å². The number of halogens is 1. The summed E-state index contributed by atoms with van der Waals surface area (Å²) in [5.41, 5.74) is 10.4. The molecule has 1 aliphatic heterocycles. The highest BCUT2D eigenvalue weighted by Crippen LogP contribution is 2.23. The Hall–Kier alpha value is 0.0900. The number of rotatable bonds is 4. The Bertz CT molecular complexity index is 108. The van der Waals surface area contributed by atoms with Gasteiger partial charge < -0.3 is 26.8 Å². The summed E-state index contributed by atoms with van der Waals surface area (Å²) in [6, 6.07) is 0. The summed E-state index contributed by atoms with van der Waals surface area (Å²) >= 11 is 5.31. The quantitative estimate of drug-likeness (QED) is 0.297. The summed E-state index contributed by atoms with van der Waals surface area (Å²) < 4.78 is 4.68. The fourth-order valence-electron chi connectivity index (χ4n) is 0.489. The Morgan fingerprint density at radius 3 is 1.60 bits per heavy atom. The van der Waals surface area contributed by atoms with Crippen LogP contribution in [0.1, 0.15) is 6.92 Å². The van der Waals surface area contributed by atoms with Crippen LogP contribution in [0.2, 0.25) is 0 Å². The molecule has 0 radical (unpaired) electrons. The lowest BCUT2D eigenvalue weighted by Gasteiger charge is -1.95. The standard InChI is InChI=1S/C4H13N3.C3H5ClO.C2H7N/c5-1-3-7-4-2-6;1-2-3(4)5-2;1-3-2/h7H,1-6H2;2-3H,1H3;3H,1-2H3. The molecule has 1 rings (SSSR count). The molecule has 0 aliphatic carbocycles. The molecule has 6 N–H and O–H groups in total. The molecule has 1 fully saturated rings. The number of nitrogens with two attached hydrogens (primary N) is 2. The molecule has 0 aromatic carbocycles. The van der Waals surface area contributed by atoms with Crippen LogP contribution >= 0.6 is 11.6 Å². The number of ether oxygens (including phenoxy) is 1. The van der Waals surface area contributed by atoms with Gasteiger partial charge in [-0.15, -0.1) is 0 Å². The molecule has 0 spiro atoms. The molecule has 0 aromatic rings. The second-order valence-electron chi connectivity index (χ2n) is 3.02. The molecule has 2 unspecified atom stereocenters. The number of epoxide rings is 1. The van der Waals surface area contributed by atoms with E-state index in [0.717, 1.165) is 13.1 Å². The summed E-state index contributed by atoms with van der Waals surface area (Å²) in [7, 11) is 3.75. The third-order valence-corrected chi connectivity index (χ3v) is 1.74. The predicted octanol–water partition coefficient (Wildman–Crippen LogP) is -0.701. The Morgan fingerprint density at radius 2 is 1.47 bits per heavy atom. The van der Waals surface area contributed by atoms with Crippen molar-refractivity contribution in [1.29, 1.82) is 0 Å². The van der Waals surface area contributed by atoms with Crippen LogP contribution in [0, 0.1) is 0 Å². The van der Waals surface area contributed by atoms with E-state index in [2.05, 4.69) is 15.4 Å². The first-order valence-electron chi connectivity index (χ1n) is 5.12. The topological polar surface area (TPSA) is 88.6 Å². The molecule has 94 valence electrons. The summed E-state index contributed by atoms with van der Waals surface area (Å²) in [4.78, 5) is 0. The van der Waals surface area contributed by atoms with Crippen molar-refractivity contribution in [2.24, 2.45) is 11.5 Å². The normalized spacial score (nSPS) is 22.0. The fourth-order valence-corrected chi connectivity index (χ4v) is 0.651. The first-order valence-corrected chi connectivity index (χ1v) is 5.56. The minimum Gasteiger partial charge on any atom is -0.353 e. The van der Waals surface area contributed by atoms with Crippen molar-refractivity contribution in [3.8, 4) is 0 Å². The molecular weight excluding hydrogens is 216 g/mol. The third kappa shape index (κ3) is 20.2. The molecular formula is C9H25ClN4O. The van der Waals surface area contributed by atoms with E-state index in [0.29, 0.717) is 19.2 Å². The van der Waals surface area contributed by atoms with Gasteiger partial charge in [0.05, 0.1) is 6.10 Å². The summed E-state index contributed by atoms with van der Waals surface area (Å²) in [5.74, 6) is 0. The van der Waals surface area contributed by atoms with Crippen LogP contribution in [0.4, 0.5) is 0 Å². The van der Waals surface area contributed by atoms with Crippen LogP contribution in [0.15, 0.2) is 0 Å². The lowest BCUT2D eigenvalue weighted by Crippen LogP contribution is -2.27. The van der Waals surface area contributed by atoms with Gasteiger partial charge in [0.1, 0.15) is 0 Å². The number of nitrogens with one attached hydrogen (secondary N) is 2. The Kier molecular flexibility index (Phi) is 16.4. The minimum atomic E-state index is 0.0231. The van der Waals surface area contributed by atoms with Gasteiger partial charge >= 0.3 is 0 Å². The van der Waals surface area contributed by atoms with E-state index < -0.39 is 0 Å². The fraction of sp³-hybridized carbons (Fsp3) is 1.00. The molecule has 1 aliphatic rings. The highest BCUT2D eigenvalue weighted by molar-refractivity contribution is 6.21. The average molecular weight is 241 g/mol. The smallest absolute Gasteiger partial charge is 0.157 e. The molecule has 6 heteroatoms. The Balaban J connectivity index is 0. The molecule has 0 aromatic heterocycles. The minimum absolute atomic E-state index is 0.0231. The SMILES string of the molecule is CC1OC1Cl.CNC.NCCNCCN. The zero-order chi connectivity index (χ0) is 12.1. The van der Waals surface area contributed by atoms with Crippen LogP contribution < -0.4 is 22.1 Å². The monoisotopic (exact) mass is 240 g/mol. The van der Waals surface area contributed by atoms with Crippen LogP contribution in [0.5, 0.6) is 0 Å². The van der Waals surface area contributed by atoms with Crippen LogP contribution in [-0.4, -0.2) is 51.9 Å². The second-order valence-corrected chi connectivity index (χ2v) is 3.45. The molecule has 0 amide bonds. The van der Waals surface area contributed by atoms with E-state index >= 15 is 0 Å². The molecule has 0 saturated carbocycles. The van der Waals surface area contributed by atoms with Crippen molar-refractivity contribution < 1.29 is 4.74 Å². The predicted molar refractivity (Wildman–Crippen MR) is 66.2 cm³/mol. The maximum Gasteiger partial charge on any atom is 0.157 e. The van der Waals surface area contributed by atoms with Gasteiger partial charge in [-0.05, 0) is 21.0 Å². The van der Waals surface area contributed by atoms with Crippen molar-refractivity contribution in [2.75, 3.05) is 40.3 Å². The van der Waals surface area contributed by atoms with Gasteiger partial charge in [-0.2, -0.15) is 0 Å². The van der Waals surface area contributed by atoms with E-state index in [-0.39, 0.29) is 5.56 Å². The zero-order valence-electron chi connectivity index (χ0n) is 9.92. The molecule has 2 atom stereocenters. The zero-order valence-corrected chi connectivity index (χ0v) is 10.7. The van der Waals surface area contributed by atoms with Crippen LogP contribution in [-0.2, 0) is 4.74 Å². The van der Waals surface area contributed by atoms with Crippen LogP contribution in [0.25, 0.3) is 0 Å². The second kappa shape index (κ2) is 14.1. The highest BCUT2D eigenvalue weighted by atomic mass is 35.5. The van der Waals surface area contributed by atoms with Crippen molar-refractivity contribution in [3.63, 3.8) is 0 Å². The maximum atomic E-state index is 5.31. The van der Waals surface area contributed by atoms with Gasteiger partial charge in [-0.3, -0.25) is 0 Å². The highest BCUT2D eigenvalue weighted by Gasteiger charge is 2.30. The van der Waals surface area contributed by atoms with Crippen molar-refractivity contribution >= 4 is 11.6 Å². The first kappa shape index (κ1) is 17.5. The summed E-state index contributed by atoms with van der Waals surface area (Å²) in [6.45, 7) is 5.08. The van der Waals surface area contributed by atoms with E-state index in [1.165, 1.54) is 0 Å². The third-order valence-electron chi connectivity index (χ3n) is 1.28. The molecule has 5 nitrogen and oxygen atoms in total. The van der Waals surface area contributed by atoms with Gasteiger partial charge in [0.2, 0.25) is 0 Å². The van der Waals surface area contributed by atoms with Gasteiger partial charge in [0.25, 0.3) is 0 Å².